The number of fused-ring (bicyclic) bond motifs is 5. The molecular weight excluding hydrogens is 1830 g/mol. The van der Waals surface area contributed by atoms with Crippen LogP contribution in [0.25, 0.3) is 61.2 Å². The van der Waals surface area contributed by atoms with Crippen molar-refractivity contribution < 1.29 is 38.1 Å². The molecular formula is C107H130N30O8. The average molecular weight is 1960 g/mol. The molecule has 2 aliphatic rings. The highest BCUT2D eigenvalue weighted by Crippen LogP contribution is 2.45. The number of methoxy groups -OCH3 is 4. The van der Waals surface area contributed by atoms with Crippen LogP contribution in [0.2, 0.25) is 0 Å². The van der Waals surface area contributed by atoms with Crippen molar-refractivity contribution in [1.82, 2.24) is 87.6 Å². The number of aryl methyl sites for hydroxylation is 1. The second-order valence-corrected chi connectivity index (χ2v) is 36.5. The zero-order valence-corrected chi connectivity index (χ0v) is 85.5. The third-order valence-corrected chi connectivity index (χ3v) is 24.6. The number of carbonyl (C=O) groups excluding carboxylic acids is 4. The fraction of sp³-hybridized carbons (Fsp3) is 0.308. The third-order valence-electron chi connectivity index (χ3n) is 24.6. The van der Waals surface area contributed by atoms with E-state index in [1.165, 1.54) is 61.3 Å². The maximum absolute atomic E-state index is 12.3. The molecule has 145 heavy (non-hydrogen) atoms. The van der Waals surface area contributed by atoms with Crippen LogP contribution in [0.3, 0.4) is 0 Å². The number of allylic oxidation sites excluding steroid dienone is 2. The van der Waals surface area contributed by atoms with Gasteiger partial charge in [0.2, 0.25) is 47.4 Å². The predicted octanol–water partition coefficient (Wildman–Crippen LogP) is 17.4. The van der Waals surface area contributed by atoms with Gasteiger partial charge in [0.1, 0.15) is 28.6 Å². The van der Waals surface area contributed by atoms with Gasteiger partial charge in [-0.3, -0.25) is 24.2 Å². The molecule has 2 aliphatic carbocycles. The Morgan fingerprint density at radius 3 is 1.14 bits per heavy atom. The molecule has 11 aromatic heterocycles. The summed E-state index contributed by atoms with van der Waals surface area (Å²) in [4.78, 5) is 90.3. The molecule has 38 nitrogen and oxygen atoms in total. The van der Waals surface area contributed by atoms with Gasteiger partial charge in [-0.1, -0.05) is 46.2 Å². The average Bonchev–Trinajstić information content (AvgIpc) is 1.54. The van der Waals surface area contributed by atoms with Crippen molar-refractivity contribution in [2.75, 3.05) is 207 Å². The van der Waals surface area contributed by atoms with Gasteiger partial charge < -0.3 is 100 Å². The first-order valence-electron chi connectivity index (χ1n) is 47.8. The molecule has 0 radical (unpaired) electrons. The lowest BCUT2D eigenvalue weighted by Crippen LogP contribution is -2.29. The number of anilines is 16. The zero-order valence-electron chi connectivity index (χ0n) is 85.5. The Morgan fingerprint density at radius 2 is 0.786 bits per heavy atom. The monoisotopic (exact) mass is 1960 g/mol. The van der Waals surface area contributed by atoms with Crippen LogP contribution < -0.4 is 81.1 Å². The fourth-order valence-electron chi connectivity index (χ4n) is 16.3. The van der Waals surface area contributed by atoms with Crippen molar-refractivity contribution in [2.45, 2.75) is 64.7 Å². The minimum Gasteiger partial charge on any atom is -0.494 e. The van der Waals surface area contributed by atoms with Crippen LogP contribution in [0.5, 0.6) is 23.0 Å². The third kappa shape index (κ3) is 26.2. The highest BCUT2D eigenvalue weighted by molar-refractivity contribution is 6.05. The van der Waals surface area contributed by atoms with Gasteiger partial charge in [-0.2, -0.15) is 0 Å². The molecule has 0 saturated heterocycles. The normalized spacial score (nSPS) is 12.2. The topological polar surface area (TPSA) is 376 Å². The van der Waals surface area contributed by atoms with Gasteiger partial charge in [0.25, 0.3) is 0 Å². The highest BCUT2D eigenvalue weighted by Gasteiger charge is 2.29. The number of hydrogen-bond donors (Lipinski definition) is 8. The van der Waals surface area contributed by atoms with Gasteiger partial charge in [-0.15, -0.1) is 20.4 Å². The van der Waals surface area contributed by atoms with E-state index in [1.807, 2.05) is 216 Å². The Hall–Kier alpha value is -16.7. The maximum atomic E-state index is 12.3. The summed E-state index contributed by atoms with van der Waals surface area (Å²) in [5.41, 5.74) is 20.2. The number of hydrogen-bond acceptors (Lipinski definition) is 29. The summed E-state index contributed by atoms with van der Waals surface area (Å²) >= 11 is 0. The quantitative estimate of drug-likeness (QED) is 0.0165. The summed E-state index contributed by atoms with van der Waals surface area (Å²) in [7, 11) is 28.5. The molecule has 0 spiro atoms. The summed E-state index contributed by atoms with van der Waals surface area (Å²) in [6.07, 6.45) is 29.8. The Morgan fingerprint density at radius 1 is 0.414 bits per heavy atom. The van der Waals surface area contributed by atoms with Gasteiger partial charge in [0.05, 0.1) is 161 Å². The number of amides is 4. The van der Waals surface area contributed by atoms with E-state index < -0.39 is 0 Å². The van der Waals surface area contributed by atoms with Crippen molar-refractivity contribution in [3.63, 3.8) is 0 Å². The standard InChI is InChI=1S/C29H33N9O2.C27H31N7O2.C27H35N7O2.C24H31N7O2/c1-7-27(39)32-22-15-23(26(40-6)16-25(22)36(4)13-12-35(2)3)33-29-31-18-21-8-9-24(38(21)34-29)20-14-19-10-11-37(5)28(19)30-17-20;1-6-26(35)30-21-14-22(25(36-5)15-24(21)33(4)13-11-18(2)3)31-27-29-17-20-9-10-23(34(20)32-27)19-8-7-12-28-16-19;1-6-26(35)29-21-16-22(25(36-5)17-24(21)33(4)15-14-32(2)3)30-27-28-18-20-12-13-23(34(20)31-27)19-10-8-7-9-11-19;1-6-23(32)26-18-13-19(22(33-5)14-21(18)30(4)12-11-29(2)3)27-24-25-15-17-9-10-20(16-7-8-16)31(17)28-24/h7-11,14-18H,1,12-13H2,2-6H3,(H,32,39)(H,33,34);6-10,12,14-18H,1,11,13H2,2-5H3,(H,30,35)(H,31,32);6,10,12-13,16-18H,1,7-9,11,14-15H2,2-5H3,(H,29,35)(H,30,31);6,9-10,13-16H,1,7-8,11-12H2,2-5H3,(H,26,32)(H,27,28). The second kappa shape index (κ2) is 48.2. The zero-order chi connectivity index (χ0) is 103. The maximum Gasteiger partial charge on any atom is 0.247 e. The number of aromatic nitrogens is 15. The molecule has 1 saturated carbocycles. The Bertz CT molecular complexity index is 7190. The van der Waals surface area contributed by atoms with Crippen LogP contribution in [0.4, 0.5) is 92.0 Å². The van der Waals surface area contributed by atoms with Crippen molar-refractivity contribution in [3.05, 3.63) is 239 Å². The molecule has 756 valence electrons. The van der Waals surface area contributed by atoms with Crippen molar-refractivity contribution >= 4 is 154 Å². The molecule has 0 aliphatic heterocycles. The van der Waals surface area contributed by atoms with Crippen LogP contribution in [-0.4, -0.2) is 256 Å². The van der Waals surface area contributed by atoms with Crippen LogP contribution in [-0.2, 0) is 26.2 Å². The van der Waals surface area contributed by atoms with Gasteiger partial charge in [0, 0.05) is 158 Å². The molecule has 11 heterocycles. The van der Waals surface area contributed by atoms with E-state index in [1.54, 1.807) is 65.6 Å². The van der Waals surface area contributed by atoms with E-state index in [9.17, 15) is 19.2 Å². The minimum absolute atomic E-state index is 0.285. The predicted molar refractivity (Wildman–Crippen MR) is 582 cm³/mol. The Balaban J connectivity index is 0.000000153. The van der Waals surface area contributed by atoms with Gasteiger partial charge in [0.15, 0.2) is 0 Å². The van der Waals surface area contributed by atoms with Crippen molar-refractivity contribution in [1.29, 1.82) is 0 Å². The minimum atomic E-state index is -0.308. The molecule has 0 atom stereocenters. The number of ether oxygens (including phenoxy) is 4. The van der Waals surface area contributed by atoms with Gasteiger partial charge in [-0.25, -0.2) is 43.0 Å². The molecule has 1 fully saturated rings. The van der Waals surface area contributed by atoms with Crippen molar-refractivity contribution in [3.8, 4) is 45.5 Å². The second-order valence-electron chi connectivity index (χ2n) is 36.5. The molecule has 38 heteroatoms. The lowest BCUT2D eigenvalue weighted by Gasteiger charge is -2.26. The number of nitrogens with zero attached hydrogens (tertiary/aromatic N) is 22. The first-order chi connectivity index (χ1) is 69.9. The molecule has 0 bridgehead atoms. The molecule has 4 amide bonds. The number of pyridine rings is 2. The fourth-order valence-corrected chi connectivity index (χ4v) is 16.3. The molecule has 17 rings (SSSR count). The van der Waals surface area contributed by atoms with Gasteiger partial charge in [-0.05, 0) is 220 Å². The SMILES string of the molecule is C=CC(=O)Nc1cc(Nc2ncc3ccc(-c4cccnc4)n3n2)c(OC)cc1N(C)CCC(C)C.C=CC(=O)Nc1cc(Nc2ncc3ccc(-c4cnc5c(ccn5C)c4)n3n2)c(OC)cc1N(C)CCN(C)C.C=CC(=O)Nc1cc(Nc2ncc3ccc(C4=CCCCC4)n3n2)c(OC)cc1N(C)CCN(C)C.C=CC(=O)Nc1cc(Nc2ncc3ccc(C4CC4)n3n2)c(OC)cc1N(C)CCN(C)C. The lowest BCUT2D eigenvalue weighted by molar-refractivity contribution is -0.112. The molecule has 4 aromatic carbocycles. The number of likely N-dealkylation sites (N-methyl/N-ethyl adjacent to an activating group) is 6. The highest BCUT2D eigenvalue weighted by atomic mass is 16.5. The van der Waals surface area contributed by atoms with E-state index in [2.05, 4.69) is 171 Å². The number of nitrogens with one attached hydrogen (secondary N) is 8. The summed E-state index contributed by atoms with van der Waals surface area (Å²) in [5, 5.41) is 44.7. The first-order valence-corrected chi connectivity index (χ1v) is 47.8. The van der Waals surface area contributed by atoms with E-state index in [0.717, 1.165) is 149 Å². The number of benzene rings is 4. The summed E-state index contributed by atoms with van der Waals surface area (Å²) in [6, 6.07) is 39.1. The van der Waals surface area contributed by atoms with E-state index in [4.69, 9.17) is 39.3 Å². The van der Waals surface area contributed by atoms with Crippen LogP contribution in [0, 0.1) is 5.92 Å². The van der Waals surface area contributed by atoms with Crippen LogP contribution in [0.1, 0.15) is 76.1 Å². The summed E-state index contributed by atoms with van der Waals surface area (Å²) in [5.74, 6) is 4.00. The lowest BCUT2D eigenvalue weighted by atomic mass is 9.97. The molecule has 15 aromatic rings. The number of rotatable bonds is 40. The van der Waals surface area contributed by atoms with Crippen LogP contribution >= 0.6 is 0 Å². The van der Waals surface area contributed by atoms with Gasteiger partial charge >= 0.3 is 0 Å². The van der Waals surface area contributed by atoms with E-state index in [-0.39, 0.29) is 23.6 Å². The smallest absolute Gasteiger partial charge is 0.247 e. The largest absolute Gasteiger partial charge is 0.494 e. The van der Waals surface area contributed by atoms with Crippen LogP contribution in [0.15, 0.2) is 228 Å². The summed E-state index contributed by atoms with van der Waals surface area (Å²) < 4.78 is 32.3. The Kier molecular flexibility index (Phi) is 34.6. The summed E-state index contributed by atoms with van der Waals surface area (Å²) in [6.45, 7) is 24.4. The molecule has 0 unspecified atom stereocenters. The Labute approximate surface area is 844 Å². The van der Waals surface area contributed by atoms with E-state index >= 15 is 0 Å². The molecule has 8 N–H and O–H groups in total. The number of carbonyl (C=O) groups is 4. The van der Waals surface area contributed by atoms with E-state index in [0.29, 0.717) is 104 Å². The van der Waals surface area contributed by atoms with Crippen molar-refractivity contribution in [2.24, 2.45) is 13.0 Å². The first kappa shape index (κ1) is 104.